The van der Waals surface area contributed by atoms with E-state index in [0.717, 1.165) is 0 Å². The molecule has 1 unspecified atom stereocenters. The van der Waals surface area contributed by atoms with Crippen molar-refractivity contribution in [2.45, 2.75) is 26.3 Å². The van der Waals surface area contributed by atoms with Crippen LogP contribution in [-0.2, 0) is 0 Å². The van der Waals surface area contributed by atoms with Gasteiger partial charge in [0.1, 0.15) is 5.82 Å². The molecule has 1 atom stereocenters. The van der Waals surface area contributed by atoms with Crippen molar-refractivity contribution < 1.29 is 18.5 Å². The van der Waals surface area contributed by atoms with Crippen molar-refractivity contribution in [1.82, 2.24) is 5.32 Å². The molecule has 0 heterocycles. The molecular formula is C11H12F2N2O3. The minimum atomic E-state index is -1.31. The zero-order valence-electron chi connectivity index (χ0n) is 9.87. The monoisotopic (exact) mass is 258 g/mol. The van der Waals surface area contributed by atoms with Gasteiger partial charge in [0.15, 0.2) is 0 Å². The minimum absolute atomic E-state index is 0.207. The molecule has 0 fully saturated rings. The molecule has 0 saturated heterocycles. The summed E-state index contributed by atoms with van der Waals surface area (Å²) in [4.78, 5) is 21.1. The molecule has 98 valence electrons. The summed E-state index contributed by atoms with van der Waals surface area (Å²) in [6, 6.07) is 0.729. The highest BCUT2D eigenvalue weighted by Crippen LogP contribution is 2.21. The van der Waals surface area contributed by atoms with Gasteiger partial charge in [0.25, 0.3) is 5.91 Å². The molecule has 0 aliphatic heterocycles. The van der Waals surface area contributed by atoms with Crippen molar-refractivity contribution >= 4 is 11.6 Å². The number of halogens is 2. The Morgan fingerprint density at radius 2 is 2.06 bits per heavy atom. The van der Waals surface area contributed by atoms with E-state index in [9.17, 15) is 23.7 Å². The number of amides is 1. The fraction of sp³-hybridized carbons (Fsp3) is 0.364. The van der Waals surface area contributed by atoms with Crippen LogP contribution < -0.4 is 5.32 Å². The predicted molar refractivity (Wildman–Crippen MR) is 60.2 cm³/mol. The quantitative estimate of drug-likeness (QED) is 0.665. The second-order valence-electron chi connectivity index (χ2n) is 3.82. The molecule has 1 N–H and O–H groups in total. The summed E-state index contributed by atoms with van der Waals surface area (Å²) in [7, 11) is 0. The number of hydrogen-bond donors (Lipinski definition) is 1. The Labute approximate surface area is 102 Å². The molecule has 1 aromatic rings. The predicted octanol–water partition coefficient (Wildman–Crippen LogP) is 2.40. The summed E-state index contributed by atoms with van der Waals surface area (Å²) in [6.45, 7) is 3.52. The smallest absolute Gasteiger partial charge is 0.305 e. The molecule has 1 amide bonds. The first-order chi connectivity index (χ1) is 8.36. The Kier molecular flexibility index (Phi) is 4.30. The summed E-state index contributed by atoms with van der Waals surface area (Å²) >= 11 is 0. The lowest BCUT2D eigenvalue weighted by Gasteiger charge is -2.11. The third kappa shape index (κ3) is 2.99. The molecule has 0 spiro atoms. The van der Waals surface area contributed by atoms with Gasteiger partial charge < -0.3 is 5.32 Å². The van der Waals surface area contributed by atoms with Crippen LogP contribution in [0.2, 0.25) is 0 Å². The Balaban J connectivity index is 3.12. The number of nitro benzene ring substituents is 1. The van der Waals surface area contributed by atoms with Gasteiger partial charge in [-0.3, -0.25) is 14.9 Å². The number of benzene rings is 1. The van der Waals surface area contributed by atoms with Gasteiger partial charge in [-0.05, 0) is 13.3 Å². The second-order valence-corrected chi connectivity index (χ2v) is 3.82. The van der Waals surface area contributed by atoms with Crippen molar-refractivity contribution in [2.75, 3.05) is 0 Å². The molecule has 0 aromatic heterocycles. The van der Waals surface area contributed by atoms with Crippen molar-refractivity contribution in [3.05, 3.63) is 39.4 Å². The van der Waals surface area contributed by atoms with E-state index in [1.165, 1.54) is 0 Å². The Hall–Kier alpha value is -2.05. The van der Waals surface area contributed by atoms with E-state index >= 15 is 0 Å². The maximum Gasteiger partial charge on any atom is 0.305 e. The fourth-order valence-electron chi connectivity index (χ4n) is 1.26. The van der Waals surface area contributed by atoms with Gasteiger partial charge in [0, 0.05) is 18.2 Å². The van der Waals surface area contributed by atoms with E-state index in [-0.39, 0.29) is 6.04 Å². The van der Waals surface area contributed by atoms with E-state index in [0.29, 0.717) is 18.6 Å². The Morgan fingerprint density at radius 3 is 2.56 bits per heavy atom. The Morgan fingerprint density at radius 1 is 1.44 bits per heavy atom. The number of hydrogen-bond acceptors (Lipinski definition) is 3. The van der Waals surface area contributed by atoms with Crippen LogP contribution in [0.1, 0.15) is 30.6 Å². The van der Waals surface area contributed by atoms with Crippen LogP contribution in [0.15, 0.2) is 12.1 Å². The van der Waals surface area contributed by atoms with Crippen LogP contribution in [0.3, 0.4) is 0 Å². The van der Waals surface area contributed by atoms with Gasteiger partial charge in [-0.25, -0.2) is 4.39 Å². The van der Waals surface area contributed by atoms with Crippen molar-refractivity contribution in [2.24, 2.45) is 0 Å². The van der Waals surface area contributed by atoms with E-state index in [1.54, 1.807) is 6.92 Å². The van der Waals surface area contributed by atoms with E-state index < -0.39 is 33.7 Å². The number of nitrogens with one attached hydrogen (secondary N) is 1. The molecule has 1 aromatic carbocycles. The lowest BCUT2D eigenvalue weighted by molar-refractivity contribution is -0.387. The molecule has 0 aliphatic rings. The van der Waals surface area contributed by atoms with Crippen LogP contribution in [0.4, 0.5) is 14.5 Å². The first-order valence-electron chi connectivity index (χ1n) is 5.31. The lowest BCUT2D eigenvalue weighted by atomic mass is 10.1. The molecule has 0 saturated carbocycles. The maximum atomic E-state index is 13.4. The average Bonchev–Trinajstić information content (AvgIpc) is 2.27. The first kappa shape index (κ1) is 14.0. The zero-order chi connectivity index (χ0) is 13.9. The van der Waals surface area contributed by atoms with Crippen LogP contribution in [-0.4, -0.2) is 16.9 Å². The number of rotatable bonds is 4. The SMILES string of the molecule is CCC(C)NC(=O)c1cc([N+](=O)[O-])c(F)cc1F. The largest absolute Gasteiger partial charge is 0.350 e. The van der Waals surface area contributed by atoms with Crippen molar-refractivity contribution in [3.63, 3.8) is 0 Å². The molecule has 0 bridgehead atoms. The molecule has 1 rings (SSSR count). The summed E-state index contributed by atoms with van der Waals surface area (Å²) in [5.41, 5.74) is -1.46. The van der Waals surface area contributed by atoms with Gasteiger partial charge >= 0.3 is 5.69 Å². The van der Waals surface area contributed by atoms with Crippen molar-refractivity contribution in [3.8, 4) is 0 Å². The lowest BCUT2D eigenvalue weighted by Crippen LogP contribution is -2.32. The number of carbonyl (C=O) groups excluding carboxylic acids is 1. The summed E-state index contributed by atoms with van der Waals surface area (Å²) in [5, 5.41) is 12.9. The van der Waals surface area contributed by atoms with E-state index in [2.05, 4.69) is 5.32 Å². The highest BCUT2D eigenvalue weighted by Gasteiger charge is 2.22. The van der Waals surface area contributed by atoms with Gasteiger partial charge in [0.05, 0.1) is 10.5 Å². The minimum Gasteiger partial charge on any atom is -0.350 e. The average molecular weight is 258 g/mol. The first-order valence-corrected chi connectivity index (χ1v) is 5.31. The van der Waals surface area contributed by atoms with Gasteiger partial charge in [-0.1, -0.05) is 6.92 Å². The number of carbonyl (C=O) groups is 1. The van der Waals surface area contributed by atoms with Crippen molar-refractivity contribution in [1.29, 1.82) is 0 Å². The molecule has 5 nitrogen and oxygen atoms in total. The van der Waals surface area contributed by atoms with Gasteiger partial charge in [-0.15, -0.1) is 0 Å². The van der Waals surface area contributed by atoms with E-state index in [1.807, 2.05) is 6.92 Å². The molecule has 0 aliphatic carbocycles. The standard InChI is InChI=1S/C11H12F2N2O3/c1-3-6(2)14-11(16)7-4-10(15(17)18)9(13)5-8(7)12/h4-6H,3H2,1-2H3,(H,14,16). The summed E-state index contributed by atoms with van der Waals surface area (Å²) in [5.74, 6) is -3.23. The van der Waals surface area contributed by atoms with Crippen LogP contribution in [0, 0.1) is 21.7 Å². The summed E-state index contributed by atoms with van der Waals surface area (Å²) in [6.07, 6.45) is 0.622. The number of nitrogens with zero attached hydrogens (tertiary/aromatic N) is 1. The molecule has 0 radical (unpaired) electrons. The third-order valence-electron chi connectivity index (χ3n) is 2.47. The molecule has 18 heavy (non-hydrogen) atoms. The van der Waals surface area contributed by atoms with Crippen LogP contribution in [0.5, 0.6) is 0 Å². The summed E-state index contributed by atoms with van der Waals surface area (Å²) < 4.78 is 26.4. The van der Waals surface area contributed by atoms with Gasteiger partial charge in [-0.2, -0.15) is 4.39 Å². The zero-order valence-corrected chi connectivity index (χ0v) is 9.87. The molecular weight excluding hydrogens is 246 g/mol. The third-order valence-corrected chi connectivity index (χ3v) is 2.47. The van der Waals surface area contributed by atoms with Crippen LogP contribution >= 0.6 is 0 Å². The second kappa shape index (κ2) is 5.52. The fourth-order valence-corrected chi connectivity index (χ4v) is 1.26. The Bertz CT molecular complexity index is 491. The maximum absolute atomic E-state index is 13.4. The highest BCUT2D eigenvalue weighted by molar-refractivity contribution is 5.95. The van der Waals surface area contributed by atoms with Crippen LogP contribution in [0.25, 0.3) is 0 Å². The highest BCUT2D eigenvalue weighted by atomic mass is 19.1. The van der Waals surface area contributed by atoms with Gasteiger partial charge in [0.2, 0.25) is 5.82 Å². The van der Waals surface area contributed by atoms with E-state index in [4.69, 9.17) is 0 Å². The number of nitro groups is 1. The normalized spacial score (nSPS) is 12.0. The molecule has 7 heteroatoms. The topological polar surface area (TPSA) is 72.2 Å².